The van der Waals surface area contributed by atoms with Crippen LogP contribution in [0, 0.1) is 5.92 Å². The van der Waals surface area contributed by atoms with Crippen molar-refractivity contribution in [2.45, 2.75) is 31.3 Å². The van der Waals surface area contributed by atoms with Gasteiger partial charge in [0.1, 0.15) is 0 Å². The highest BCUT2D eigenvalue weighted by Gasteiger charge is 2.41. The third-order valence-electron chi connectivity index (χ3n) is 6.98. The molecule has 150 valence electrons. The minimum Gasteiger partial charge on any atom is -0.396 e. The molecule has 0 bridgehead atoms. The molecule has 3 heterocycles. The van der Waals surface area contributed by atoms with Crippen LogP contribution >= 0.6 is 0 Å². The fraction of sp³-hybridized carbons (Fsp3) is 0.565. The van der Waals surface area contributed by atoms with Gasteiger partial charge in [0, 0.05) is 67.9 Å². The first-order valence-corrected chi connectivity index (χ1v) is 10.7. The molecule has 0 amide bonds. The number of aliphatic hydroxyl groups excluding tert-OH is 1. The van der Waals surface area contributed by atoms with Crippen molar-refractivity contribution >= 4 is 10.9 Å². The molecule has 5 nitrogen and oxygen atoms in total. The van der Waals surface area contributed by atoms with Crippen LogP contribution in [-0.2, 0) is 17.7 Å². The van der Waals surface area contributed by atoms with Gasteiger partial charge in [0.15, 0.2) is 0 Å². The second-order valence-corrected chi connectivity index (χ2v) is 8.65. The maximum Gasteiger partial charge on any atom is 0.0594 e. The zero-order chi connectivity index (χ0) is 19.1. The molecule has 0 saturated carbocycles. The highest BCUT2D eigenvalue weighted by molar-refractivity contribution is 5.89. The summed E-state index contributed by atoms with van der Waals surface area (Å²) in [6, 6.07) is 7.23. The van der Waals surface area contributed by atoms with E-state index < -0.39 is 0 Å². The highest BCUT2D eigenvalue weighted by atomic mass is 16.5. The zero-order valence-electron chi connectivity index (χ0n) is 16.6. The summed E-state index contributed by atoms with van der Waals surface area (Å²) in [6.45, 7) is 10.8. The average Bonchev–Trinajstić information content (AvgIpc) is 3.08. The Morgan fingerprint density at radius 1 is 1.29 bits per heavy atom. The van der Waals surface area contributed by atoms with Gasteiger partial charge in [-0.15, -0.1) is 6.58 Å². The van der Waals surface area contributed by atoms with Crippen molar-refractivity contribution in [1.82, 2.24) is 14.8 Å². The summed E-state index contributed by atoms with van der Waals surface area (Å²) in [5, 5.41) is 11.3. The van der Waals surface area contributed by atoms with E-state index in [1.54, 1.807) is 0 Å². The van der Waals surface area contributed by atoms with Crippen molar-refractivity contribution in [3.8, 4) is 0 Å². The van der Waals surface area contributed by atoms with Gasteiger partial charge < -0.3 is 14.8 Å². The van der Waals surface area contributed by atoms with Crippen LogP contribution in [0.15, 0.2) is 30.9 Å². The molecule has 1 aliphatic carbocycles. The Labute approximate surface area is 167 Å². The number of fused-ring (bicyclic) bond motifs is 2. The maximum absolute atomic E-state index is 9.87. The molecule has 2 aliphatic heterocycles. The molecular formula is C23H31N3O2. The van der Waals surface area contributed by atoms with Gasteiger partial charge in [-0.05, 0) is 36.0 Å². The van der Waals surface area contributed by atoms with E-state index in [9.17, 15) is 5.11 Å². The number of hydrogen-bond acceptors (Lipinski definition) is 4. The normalized spacial score (nSPS) is 28.4. The Balaban J connectivity index is 1.54. The number of aromatic nitrogens is 1. The molecule has 28 heavy (non-hydrogen) atoms. The zero-order valence-corrected chi connectivity index (χ0v) is 16.6. The molecule has 0 spiro atoms. The molecule has 2 fully saturated rings. The number of nitrogens with zero attached hydrogens (tertiary/aromatic N) is 2. The molecule has 1 aromatic heterocycles. The first-order valence-electron chi connectivity index (χ1n) is 10.7. The van der Waals surface area contributed by atoms with Crippen molar-refractivity contribution in [2.24, 2.45) is 5.92 Å². The third kappa shape index (κ3) is 3.11. The molecule has 2 N–H and O–H groups in total. The third-order valence-corrected chi connectivity index (χ3v) is 6.98. The number of benzene rings is 1. The lowest BCUT2D eigenvalue weighted by molar-refractivity contribution is 0.0334. The van der Waals surface area contributed by atoms with Gasteiger partial charge in [-0.2, -0.15) is 0 Å². The number of ether oxygens (including phenoxy) is 1. The number of hydrogen-bond donors (Lipinski definition) is 2. The van der Waals surface area contributed by atoms with Crippen LogP contribution < -0.4 is 0 Å². The Kier molecular flexibility index (Phi) is 5.01. The number of rotatable bonds is 5. The molecule has 3 aliphatic rings. The molecular weight excluding hydrogens is 350 g/mol. The van der Waals surface area contributed by atoms with Crippen LogP contribution in [-0.4, -0.2) is 71.9 Å². The topological polar surface area (TPSA) is 51.7 Å². The van der Waals surface area contributed by atoms with Crippen LogP contribution in [0.25, 0.3) is 10.9 Å². The summed E-state index contributed by atoms with van der Waals surface area (Å²) in [5.74, 6) is 0.846. The van der Waals surface area contributed by atoms with Crippen LogP contribution in [0.1, 0.15) is 29.2 Å². The molecule has 2 saturated heterocycles. The van der Waals surface area contributed by atoms with E-state index in [1.165, 1.54) is 27.7 Å². The van der Waals surface area contributed by atoms with E-state index in [0.717, 1.165) is 58.8 Å². The number of H-pyrrole nitrogens is 1. The highest BCUT2D eigenvalue weighted by Crippen LogP contribution is 2.45. The van der Waals surface area contributed by atoms with Crippen molar-refractivity contribution in [2.75, 3.05) is 46.0 Å². The lowest BCUT2D eigenvalue weighted by Gasteiger charge is -2.46. The molecule has 1 unspecified atom stereocenters. The molecule has 5 heteroatoms. The maximum atomic E-state index is 9.87. The number of morpholine rings is 1. The van der Waals surface area contributed by atoms with Crippen LogP contribution in [0.2, 0.25) is 0 Å². The van der Waals surface area contributed by atoms with Crippen LogP contribution in [0.4, 0.5) is 0 Å². The summed E-state index contributed by atoms with van der Waals surface area (Å²) in [4.78, 5) is 8.81. The van der Waals surface area contributed by atoms with Gasteiger partial charge in [0.25, 0.3) is 0 Å². The summed E-state index contributed by atoms with van der Waals surface area (Å²) >= 11 is 0. The van der Waals surface area contributed by atoms with E-state index in [1.807, 2.05) is 6.08 Å². The monoisotopic (exact) mass is 381 g/mol. The van der Waals surface area contributed by atoms with Crippen molar-refractivity contribution in [1.29, 1.82) is 0 Å². The number of piperidine rings is 1. The fourth-order valence-electron chi connectivity index (χ4n) is 5.69. The van der Waals surface area contributed by atoms with Gasteiger partial charge in [0.05, 0.1) is 13.2 Å². The van der Waals surface area contributed by atoms with E-state index in [0.29, 0.717) is 17.9 Å². The van der Waals surface area contributed by atoms with Crippen LogP contribution in [0.5, 0.6) is 0 Å². The first kappa shape index (κ1) is 18.4. The second-order valence-electron chi connectivity index (χ2n) is 8.65. The van der Waals surface area contributed by atoms with Crippen LogP contribution in [0.3, 0.4) is 0 Å². The molecule has 5 rings (SSSR count). The molecule has 0 radical (unpaired) electrons. The Morgan fingerprint density at radius 3 is 2.93 bits per heavy atom. The minimum absolute atomic E-state index is 0.273. The van der Waals surface area contributed by atoms with Gasteiger partial charge in [-0.25, -0.2) is 0 Å². The smallest absolute Gasteiger partial charge is 0.0594 e. The molecule has 3 atom stereocenters. The standard InChI is InChI=1S/C23H31N3O2/c1-2-6-26-13-16(15-27)11-18-17-4-3-5-20-23(17)19(12-22(18)26)21(24-20)14-25-7-9-28-10-8-25/h2-5,16,18,22,24,27H,1,6-15H2/t16-,18?,22-/m1/s1. The van der Waals surface area contributed by atoms with E-state index in [4.69, 9.17) is 4.74 Å². The van der Waals surface area contributed by atoms with E-state index in [2.05, 4.69) is 39.6 Å². The van der Waals surface area contributed by atoms with Crippen molar-refractivity contribution in [3.05, 3.63) is 47.7 Å². The fourth-order valence-corrected chi connectivity index (χ4v) is 5.69. The van der Waals surface area contributed by atoms with Crippen molar-refractivity contribution in [3.63, 3.8) is 0 Å². The van der Waals surface area contributed by atoms with Gasteiger partial charge in [0.2, 0.25) is 0 Å². The Morgan fingerprint density at radius 2 is 2.14 bits per heavy atom. The summed E-state index contributed by atoms with van der Waals surface area (Å²) in [7, 11) is 0. The lowest BCUT2D eigenvalue weighted by Crippen LogP contribution is -2.50. The average molecular weight is 382 g/mol. The van der Waals surface area contributed by atoms with Gasteiger partial charge >= 0.3 is 0 Å². The number of likely N-dealkylation sites (tertiary alicyclic amines) is 1. The van der Waals surface area contributed by atoms with Gasteiger partial charge in [-0.3, -0.25) is 9.80 Å². The predicted molar refractivity (Wildman–Crippen MR) is 112 cm³/mol. The van der Waals surface area contributed by atoms with E-state index in [-0.39, 0.29) is 6.61 Å². The quantitative estimate of drug-likeness (QED) is 0.782. The van der Waals surface area contributed by atoms with E-state index >= 15 is 0 Å². The van der Waals surface area contributed by atoms with Gasteiger partial charge in [-0.1, -0.05) is 18.2 Å². The minimum atomic E-state index is 0.273. The van der Waals surface area contributed by atoms with Crippen molar-refractivity contribution < 1.29 is 9.84 Å². The summed E-state index contributed by atoms with van der Waals surface area (Å²) in [6.07, 6.45) is 4.18. The number of aromatic amines is 1. The Hall–Kier alpha value is -1.66. The lowest BCUT2D eigenvalue weighted by atomic mass is 9.72. The summed E-state index contributed by atoms with van der Waals surface area (Å²) in [5.41, 5.74) is 5.64. The molecule has 2 aromatic rings. The number of nitrogens with one attached hydrogen (secondary N) is 1. The summed E-state index contributed by atoms with van der Waals surface area (Å²) < 4.78 is 5.53. The number of aliphatic hydroxyl groups is 1. The predicted octanol–water partition coefficient (Wildman–Crippen LogP) is 2.51. The molecule has 1 aromatic carbocycles. The largest absolute Gasteiger partial charge is 0.396 e. The first-order chi connectivity index (χ1) is 13.8. The second kappa shape index (κ2) is 7.64. The SMILES string of the molecule is C=CCN1C[C@H](CO)CC2c3cccc4[nH]c(CN5CCOCC5)c(c34)C[C@H]21. The Bertz CT molecular complexity index is 855.